The van der Waals surface area contributed by atoms with Gasteiger partial charge < -0.3 is 19.7 Å². The summed E-state index contributed by atoms with van der Waals surface area (Å²) in [6, 6.07) is 15.1. The molecule has 3 aromatic rings. The third kappa shape index (κ3) is 3.87. The number of fused-ring (bicyclic) bond motifs is 1. The van der Waals surface area contributed by atoms with Gasteiger partial charge in [0.1, 0.15) is 18.2 Å². The fourth-order valence-corrected chi connectivity index (χ4v) is 4.05. The van der Waals surface area contributed by atoms with Crippen molar-refractivity contribution in [2.75, 3.05) is 13.1 Å². The first-order chi connectivity index (χ1) is 13.6. The third-order valence-electron chi connectivity index (χ3n) is 5.52. The Bertz CT molecular complexity index is 965. The fraction of sp³-hybridized carbons (Fsp3) is 0.364. The molecular weight excluding hydrogens is 354 g/mol. The van der Waals surface area contributed by atoms with Crippen LogP contribution in [0.1, 0.15) is 24.2 Å². The Morgan fingerprint density at radius 2 is 1.93 bits per heavy atom. The maximum absolute atomic E-state index is 12.7. The molecule has 1 atom stereocenters. The number of benzene rings is 2. The third-order valence-corrected chi connectivity index (χ3v) is 5.52. The Balaban J connectivity index is 1.35. The first kappa shape index (κ1) is 18.5. The maximum Gasteiger partial charge on any atom is 0.224 e. The number of carbonyl (C=O) groups excluding carboxylic acids is 1. The molecule has 6 nitrogen and oxygen atoms in total. The number of phenols is 1. The van der Waals surface area contributed by atoms with Crippen LogP contribution in [0.25, 0.3) is 11.0 Å². The van der Waals surface area contributed by atoms with Crippen molar-refractivity contribution in [2.45, 2.75) is 32.4 Å². The Kier molecular flexibility index (Phi) is 5.30. The van der Waals surface area contributed by atoms with Crippen LogP contribution in [0.2, 0.25) is 0 Å². The van der Waals surface area contributed by atoms with Crippen LogP contribution >= 0.6 is 0 Å². The zero-order valence-corrected chi connectivity index (χ0v) is 15.8. The lowest BCUT2D eigenvalue weighted by molar-refractivity contribution is -0.130. The van der Waals surface area contributed by atoms with E-state index in [2.05, 4.69) is 4.98 Å². The summed E-state index contributed by atoms with van der Waals surface area (Å²) in [5, 5.41) is 19.0. The molecule has 28 heavy (non-hydrogen) atoms. The second-order valence-electron chi connectivity index (χ2n) is 7.44. The molecule has 1 fully saturated rings. The maximum atomic E-state index is 12.7. The minimum Gasteiger partial charge on any atom is -0.508 e. The number of hydrogen-bond donors (Lipinski definition) is 2. The summed E-state index contributed by atoms with van der Waals surface area (Å²) in [6.45, 7) is 1.95. The van der Waals surface area contributed by atoms with E-state index in [4.69, 9.17) is 0 Å². The van der Waals surface area contributed by atoms with Crippen LogP contribution in [-0.2, 0) is 24.4 Å². The molecule has 4 rings (SSSR count). The highest BCUT2D eigenvalue weighted by Gasteiger charge is 2.26. The van der Waals surface area contributed by atoms with Gasteiger partial charge in [0.2, 0.25) is 5.91 Å². The Hall–Kier alpha value is -2.86. The van der Waals surface area contributed by atoms with E-state index in [0.29, 0.717) is 24.7 Å². The van der Waals surface area contributed by atoms with Gasteiger partial charge in [-0.3, -0.25) is 4.79 Å². The van der Waals surface area contributed by atoms with Gasteiger partial charge in [0, 0.05) is 26.1 Å². The zero-order chi connectivity index (χ0) is 19.5. The largest absolute Gasteiger partial charge is 0.508 e. The number of para-hydroxylation sites is 2. The number of aliphatic hydroxyl groups excluding tert-OH is 1. The van der Waals surface area contributed by atoms with Crippen molar-refractivity contribution in [2.24, 2.45) is 5.92 Å². The molecule has 0 spiro atoms. The average molecular weight is 379 g/mol. The van der Waals surface area contributed by atoms with Gasteiger partial charge in [-0.25, -0.2) is 4.98 Å². The summed E-state index contributed by atoms with van der Waals surface area (Å²) in [7, 11) is 0. The standard InChI is InChI=1S/C22H25N3O3/c26-15-21-23-19-3-1-2-4-20(19)25(21)12-10-22(28)24-11-9-17(14-24)13-16-5-7-18(27)8-6-16/h1-8,17,26-27H,9-15H2. The van der Waals surface area contributed by atoms with Crippen LogP contribution in [-0.4, -0.2) is 43.7 Å². The molecule has 2 heterocycles. The number of aromatic nitrogens is 2. The van der Waals surface area contributed by atoms with Gasteiger partial charge in [0.25, 0.3) is 0 Å². The van der Waals surface area contributed by atoms with Crippen molar-refractivity contribution in [1.29, 1.82) is 0 Å². The second kappa shape index (κ2) is 8.02. The first-order valence-corrected chi connectivity index (χ1v) is 9.74. The summed E-state index contributed by atoms with van der Waals surface area (Å²) in [4.78, 5) is 19.1. The molecular formula is C22H25N3O3. The number of hydrogen-bond acceptors (Lipinski definition) is 4. The number of nitrogens with zero attached hydrogens (tertiary/aromatic N) is 3. The molecule has 0 bridgehead atoms. The van der Waals surface area contributed by atoms with Crippen LogP contribution in [0.5, 0.6) is 5.75 Å². The van der Waals surface area contributed by atoms with E-state index in [9.17, 15) is 15.0 Å². The lowest BCUT2D eigenvalue weighted by Gasteiger charge is -2.17. The molecule has 0 aliphatic carbocycles. The highest BCUT2D eigenvalue weighted by atomic mass is 16.3. The van der Waals surface area contributed by atoms with E-state index in [1.807, 2.05) is 45.9 Å². The zero-order valence-electron chi connectivity index (χ0n) is 15.8. The van der Waals surface area contributed by atoms with Crippen LogP contribution < -0.4 is 0 Å². The number of carbonyl (C=O) groups is 1. The second-order valence-corrected chi connectivity index (χ2v) is 7.44. The quantitative estimate of drug-likeness (QED) is 0.690. The predicted molar refractivity (Wildman–Crippen MR) is 107 cm³/mol. The van der Waals surface area contributed by atoms with Gasteiger partial charge in [0.05, 0.1) is 11.0 Å². The molecule has 1 amide bonds. The SMILES string of the molecule is O=C(CCn1c(CO)nc2ccccc21)N1CCC(Cc2ccc(O)cc2)C1. The molecule has 1 aliphatic heterocycles. The van der Waals surface area contributed by atoms with Crippen LogP contribution in [0.4, 0.5) is 0 Å². The van der Waals surface area contributed by atoms with Crippen molar-refractivity contribution in [3.05, 3.63) is 59.9 Å². The molecule has 1 aliphatic rings. The highest BCUT2D eigenvalue weighted by molar-refractivity contribution is 5.78. The number of aryl methyl sites for hydroxylation is 1. The van der Waals surface area contributed by atoms with Crippen molar-refractivity contribution < 1.29 is 15.0 Å². The molecule has 1 unspecified atom stereocenters. The van der Waals surface area contributed by atoms with Crippen LogP contribution in [0.15, 0.2) is 48.5 Å². The molecule has 6 heteroatoms. The van der Waals surface area contributed by atoms with Gasteiger partial charge in [-0.15, -0.1) is 0 Å². The summed E-state index contributed by atoms with van der Waals surface area (Å²) in [5.41, 5.74) is 2.98. The van der Waals surface area contributed by atoms with Crippen molar-refractivity contribution in [1.82, 2.24) is 14.5 Å². The molecule has 0 radical (unpaired) electrons. The Morgan fingerprint density at radius 1 is 1.14 bits per heavy atom. The smallest absolute Gasteiger partial charge is 0.224 e. The number of amides is 1. The van der Waals surface area contributed by atoms with E-state index in [1.165, 1.54) is 5.56 Å². The van der Waals surface area contributed by atoms with E-state index in [0.717, 1.165) is 37.0 Å². The lowest BCUT2D eigenvalue weighted by atomic mass is 9.99. The molecule has 2 N–H and O–H groups in total. The van der Waals surface area contributed by atoms with Crippen LogP contribution in [0.3, 0.4) is 0 Å². The number of imidazole rings is 1. The predicted octanol–water partition coefficient (Wildman–Crippen LogP) is 2.72. The topological polar surface area (TPSA) is 78.6 Å². The van der Waals surface area contributed by atoms with Gasteiger partial charge in [-0.2, -0.15) is 0 Å². The lowest BCUT2D eigenvalue weighted by Crippen LogP contribution is -2.29. The van der Waals surface area contributed by atoms with E-state index < -0.39 is 0 Å². The molecule has 2 aromatic carbocycles. The number of aliphatic hydroxyl groups is 1. The molecule has 1 aromatic heterocycles. The van der Waals surface area contributed by atoms with E-state index >= 15 is 0 Å². The summed E-state index contributed by atoms with van der Waals surface area (Å²) < 4.78 is 1.94. The molecule has 1 saturated heterocycles. The Labute approximate surface area is 164 Å². The minimum atomic E-state index is -0.138. The normalized spacial score (nSPS) is 16.8. The number of phenolic OH excluding ortho intramolecular Hbond substituents is 1. The van der Waals surface area contributed by atoms with Gasteiger partial charge in [-0.1, -0.05) is 24.3 Å². The van der Waals surface area contributed by atoms with Crippen molar-refractivity contribution in [3.8, 4) is 5.75 Å². The van der Waals surface area contributed by atoms with E-state index in [1.54, 1.807) is 12.1 Å². The highest BCUT2D eigenvalue weighted by Crippen LogP contribution is 2.23. The first-order valence-electron chi connectivity index (χ1n) is 9.74. The molecule has 0 saturated carbocycles. The van der Waals surface area contributed by atoms with E-state index in [-0.39, 0.29) is 18.3 Å². The summed E-state index contributed by atoms with van der Waals surface area (Å²) in [5.74, 6) is 1.48. The number of aromatic hydroxyl groups is 1. The average Bonchev–Trinajstić information content (AvgIpc) is 3.32. The summed E-state index contributed by atoms with van der Waals surface area (Å²) >= 11 is 0. The van der Waals surface area contributed by atoms with Crippen LogP contribution in [0, 0.1) is 5.92 Å². The number of rotatable bonds is 6. The molecule has 146 valence electrons. The fourth-order valence-electron chi connectivity index (χ4n) is 4.05. The van der Waals surface area contributed by atoms with Crippen molar-refractivity contribution >= 4 is 16.9 Å². The van der Waals surface area contributed by atoms with Gasteiger partial charge in [-0.05, 0) is 48.6 Å². The van der Waals surface area contributed by atoms with Crippen molar-refractivity contribution in [3.63, 3.8) is 0 Å². The Morgan fingerprint density at radius 3 is 2.71 bits per heavy atom. The monoisotopic (exact) mass is 379 g/mol. The van der Waals surface area contributed by atoms with Gasteiger partial charge in [0.15, 0.2) is 0 Å². The van der Waals surface area contributed by atoms with Gasteiger partial charge >= 0.3 is 0 Å². The summed E-state index contributed by atoms with van der Waals surface area (Å²) in [6.07, 6.45) is 2.33. The minimum absolute atomic E-state index is 0.138. The number of likely N-dealkylation sites (tertiary alicyclic amines) is 1.